The van der Waals surface area contributed by atoms with Crippen molar-refractivity contribution in [3.05, 3.63) is 50.6 Å². The van der Waals surface area contributed by atoms with Gasteiger partial charge in [0.1, 0.15) is 4.99 Å². The minimum Gasteiger partial charge on any atom is -0.389 e. The third kappa shape index (κ3) is 3.16. The first-order chi connectivity index (χ1) is 8.56. The molecule has 0 aliphatic rings. The molecule has 0 saturated heterocycles. The zero-order valence-electron chi connectivity index (χ0n) is 9.14. The number of carbonyl (C=O) groups excluding carboxylic acids is 1. The molecule has 1 aromatic carbocycles. The molecule has 0 atom stereocenters. The first-order valence-electron chi connectivity index (χ1n) is 5.03. The standard InChI is InChI=1S/C12H9BrN2OS2/c13-10-5-4-9(18-10)12(16)15-8-3-1-2-7(6-8)11(14)17/h1-6H,(H2,14,17)(H,15,16). The minimum absolute atomic E-state index is 0.147. The monoisotopic (exact) mass is 340 g/mol. The average Bonchev–Trinajstić information content (AvgIpc) is 2.76. The maximum Gasteiger partial charge on any atom is 0.265 e. The molecule has 92 valence electrons. The normalized spacial score (nSPS) is 10.1. The smallest absolute Gasteiger partial charge is 0.265 e. The van der Waals surface area contributed by atoms with E-state index in [9.17, 15) is 4.79 Å². The molecule has 1 heterocycles. The van der Waals surface area contributed by atoms with Crippen molar-refractivity contribution in [3.63, 3.8) is 0 Å². The molecule has 0 bridgehead atoms. The SMILES string of the molecule is NC(=S)c1cccc(NC(=O)c2ccc(Br)s2)c1. The van der Waals surface area contributed by atoms with Crippen LogP contribution in [0, 0.1) is 0 Å². The highest BCUT2D eigenvalue weighted by Gasteiger charge is 2.09. The summed E-state index contributed by atoms with van der Waals surface area (Å²) in [6, 6.07) is 10.8. The lowest BCUT2D eigenvalue weighted by molar-refractivity contribution is 0.103. The van der Waals surface area contributed by atoms with Crippen LogP contribution in [0.4, 0.5) is 5.69 Å². The quantitative estimate of drug-likeness (QED) is 0.842. The van der Waals surface area contributed by atoms with Crippen LogP contribution >= 0.6 is 39.5 Å². The van der Waals surface area contributed by atoms with Crippen molar-refractivity contribution >= 4 is 56.1 Å². The van der Waals surface area contributed by atoms with Gasteiger partial charge in [0.05, 0.1) is 8.66 Å². The van der Waals surface area contributed by atoms with E-state index in [0.29, 0.717) is 15.6 Å². The number of thiocarbonyl (C=S) groups is 1. The van der Waals surface area contributed by atoms with Gasteiger partial charge in [-0.05, 0) is 40.2 Å². The highest BCUT2D eigenvalue weighted by molar-refractivity contribution is 9.11. The second-order valence-electron chi connectivity index (χ2n) is 3.50. The number of rotatable bonds is 3. The zero-order valence-corrected chi connectivity index (χ0v) is 12.4. The van der Waals surface area contributed by atoms with Gasteiger partial charge in [0, 0.05) is 11.3 Å². The van der Waals surface area contributed by atoms with Gasteiger partial charge in [0.2, 0.25) is 0 Å². The first-order valence-corrected chi connectivity index (χ1v) is 7.04. The molecular formula is C12H9BrN2OS2. The molecule has 3 N–H and O–H groups in total. The molecule has 18 heavy (non-hydrogen) atoms. The lowest BCUT2D eigenvalue weighted by Crippen LogP contribution is -2.12. The van der Waals surface area contributed by atoms with Gasteiger partial charge >= 0.3 is 0 Å². The second-order valence-corrected chi connectivity index (χ2v) is 6.41. The highest BCUT2D eigenvalue weighted by atomic mass is 79.9. The van der Waals surface area contributed by atoms with Crippen molar-refractivity contribution in [3.8, 4) is 0 Å². The van der Waals surface area contributed by atoms with Crippen LogP contribution in [0.1, 0.15) is 15.2 Å². The van der Waals surface area contributed by atoms with Crippen LogP contribution in [0.15, 0.2) is 40.2 Å². The molecule has 2 rings (SSSR count). The average molecular weight is 341 g/mol. The van der Waals surface area contributed by atoms with E-state index in [1.807, 2.05) is 6.07 Å². The van der Waals surface area contributed by atoms with E-state index in [1.54, 1.807) is 30.3 Å². The van der Waals surface area contributed by atoms with E-state index < -0.39 is 0 Å². The van der Waals surface area contributed by atoms with E-state index in [-0.39, 0.29) is 5.91 Å². The summed E-state index contributed by atoms with van der Waals surface area (Å²) in [5.41, 5.74) is 6.95. The van der Waals surface area contributed by atoms with Crippen LogP contribution in [0.25, 0.3) is 0 Å². The number of halogens is 1. The van der Waals surface area contributed by atoms with Crippen LogP contribution in [-0.4, -0.2) is 10.9 Å². The molecule has 0 aliphatic carbocycles. The number of hydrogen-bond acceptors (Lipinski definition) is 3. The van der Waals surface area contributed by atoms with Crippen molar-refractivity contribution in [2.75, 3.05) is 5.32 Å². The number of benzene rings is 1. The van der Waals surface area contributed by atoms with Crippen molar-refractivity contribution in [1.29, 1.82) is 0 Å². The predicted molar refractivity (Wildman–Crippen MR) is 82.3 cm³/mol. The number of nitrogens with two attached hydrogens (primary N) is 1. The number of hydrogen-bond donors (Lipinski definition) is 2. The summed E-state index contributed by atoms with van der Waals surface area (Å²) in [7, 11) is 0. The van der Waals surface area contributed by atoms with Gasteiger partial charge in [0.25, 0.3) is 5.91 Å². The number of nitrogens with one attached hydrogen (secondary N) is 1. The zero-order chi connectivity index (χ0) is 13.1. The molecule has 1 amide bonds. The topological polar surface area (TPSA) is 55.1 Å². The van der Waals surface area contributed by atoms with Gasteiger partial charge in [-0.15, -0.1) is 11.3 Å². The van der Waals surface area contributed by atoms with Crippen LogP contribution < -0.4 is 11.1 Å². The van der Waals surface area contributed by atoms with Crippen molar-refractivity contribution in [1.82, 2.24) is 0 Å². The Morgan fingerprint density at radius 2 is 2.11 bits per heavy atom. The number of anilines is 1. The van der Waals surface area contributed by atoms with E-state index in [2.05, 4.69) is 21.2 Å². The van der Waals surface area contributed by atoms with Crippen LogP contribution in [0.3, 0.4) is 0 Å². The molecule has 1 aromatic heterocycles. The van der Waals surface area contributed by atoms with Crippen molar-refractivity contribution < 1.29 is 4.79 Å². The van der Waals surface area contributed by atoms with Gasteiger partial charge < -0.3 is 11.1 Å². The first kappa shape index (κ1) is 13.2. The molecule has 3 nitrogen and oxygen atoms in total. The molecule has 0 fully saturated rings. The minimum atomic E-state index is -0.147. The molecule has 0 radical (unpaired) electrons. The Morgan fingerprint density at radius 1 is 1.33 bits per heavy atom. The van der Waals surface area contributed by atoms with E-state index in [1.165, 1.54) is 11.3 Å². The van der Waals surface area contributed by atoms with Gasteiger partial charge in [-0.1, -0.05) is 24.4 Å². The summed E-state index contributed by atoms with van der Waals surface area (Å²) >= 11 is 9.59. The Morgan fingerprint density at radius 3 is 2.72 bits per heavy atom. The highest BCUT2D eigenvalue weighted by Crippen LogP contribution is 2.23. The van der Waals surface area contributed by atoms with Crippen LogP contribution in [0.2, 0.25) is 0 Å². The summed E-state index contributed by atoms with van der Waals surface area (Å²) in [6.07, 6.45) is 0. The number of amides is 1. The predicted octanol–water partition coefficient (Wildman–Crippen LogP) is 3.40. The van der Waals surface area contributed by atoms with Gasteiger partial charge in [-0.3, -0.25) is 4.79 Å². The molecule has 0 saturated carbocycles. The molecule has 0 unspecified atom stereocenters. The summed E-state index contributed by atoms with van der Waals surface area (Å²) in [5, 5.41) is 2.80. The lowest BCUT2D eigenvalue weighted by atomic mass is 10.2. The lowest BCUT2D eigenvalue weighted by Gasteiger charge is -2.05. The Balaban J connectivity index is 2.16. The van der Waals surface area contributed by atoms with Crippen molar-refractivity contribution in [2.45, 2.75) is 0 Å². The summed E-state index contributed by atoms with van der Waals surface area (Å²) < 4.78 is 0.921. The Kier molecular flexibility index (Phi) is 4.11. The summed E-state index contributed by atoms with van der Waals surface area (Å²) in [5.74, 6) is -0.147. The van der Waals surface area contributed by atoms with Gasteiger partial charge in [-0.2, -0.15) is 0 Å². The fourth-order valence-corrected chi connectivity index (χ4v) is 2.79. The maximum absolute atomic E-state index is 11.9. The third-order valence-electron chi connectivity index (χ3n) is 2.20. The van der Waals surface area contributed by atoms with Crippen LogP contribution in [-0.2, 0) is 0 Å². The Hall–Kier alpha value is -1.24. The fraction of sp³-hybridized carbons (Fsp3) is 0. The van der Waals surface area contributed by atoms with E-state index in [4.69, 9.17) is 18.0 Å². The second kappa shape index (κ2) is 5.60. The Labute approximate surface area is 122 Å². The van der Waals surface area contributed by atoms with Crippen LogP contribution in [0.5, 0.6) is 0 Å². The van der Waals surface area contributed by atoms with E-state index >= 15 is 0 Å². The number of thiophene rings is 1. The van der Waals surface area contributed by atoms with Crippen molar-refractivity contribution in [2.24, 2.45) is 5.73 Å². The largest absolute Gasteiger partial charge is 0.389 e. The number of carbonyl (C=O) groups is 1. The molecule has 6 heteroatoms. The van der Waals surface area contributed by atoms with Gasteiger partial charge in [-0.25, -0.2) is 0 Å². The molecule has 0 aliphatic heterocycles. The van der Waals surface area contributed by atoms with Gasteiger partial charge in [0.15, 0.2) is 0 Å². The molecule has 2 aromatic rings. The summed E-state index contributed by atoms with van der Waals surface area (Å²) in [6.45, 7) is 0. The fourth-order valence-electron chi connectivity index (χ4n) is 1.38. The maximum atomic E-state index is 11.9. The summed E-state index contributed by atoms with van der Waals surface area (Å²) in [4.78, 5) is 12.9. The van der Waals surface area contributed by atoms with E-state index in [0.717, 1.165) is 9.35 Å². The molecular weight excluding hydrogens is 332 g/mol. The third-order valence-corrected chi connectivity index (χ3v) is 4.06. The Bertz CT molecular complexity index is 610. The molecule has 0 spiro atoms.